The van der Waals surface area contributed by atoms with Crippen molar-refractivity contribution in [1.29, 1.82) is 5.26 Å². The maximum Gasteiger partial charge on any atom is 0.265 e. The van der Waals surface area contributed by atoms with Crippen molar-refractivity contribution in [3.63, 3.8) is 0 Å². The van der Waals surface area contributed by atoms with E-state index in [-0.39, 0.29) is 15.7 Å². The average molecular weight is 400 g/mol. The summed E-state index contributed by atoms with van der Waals surface area (Å²) in [7, 11) is 1.45. The summed E-state index contributed by atoms with van der Waals surface area (Å²) >= 11 is 17.9. The van der Waals surface area contributed by atoms with Gasteiger partial charge in [-0.15, -0.1) is 0 Å². The first-order chi connectivity index (χ1) is 11.8. The van der Waals surface area contributed by atoms with Crippen molar-refractivity contribution in [1.82, 2.24) is 0 Å². The maximum absolute atomic E-state index is 12.3. The smallest absolute Gasteiger partial charge is 0.265 e. The number of nitrogens with one attached hydrogen (secondary N) is 1. The number of anilines is 1. The molecule has 0 heterocycles. The molecule has 0 aliphatic rings. The quantitative estimate of drug-likeness (QED) is 0.773. The van der Waals surface area contributed by atoms with Crippen molar-refractivity contribution < 1.29 is 14.3 Å². The maximum atomic E-state index is 12.3. The lowest BCUT2D eigenvalue weighted by atomic mass is 10.2. The monoisotopic (exact) mass is 398 g/mol. The highest BCUT2D eigenvalue weighted by molar-refractivity contribution is 6.42. The van der Waals surface area contributed by atoms with Gasteiger partial charge in [-0.1, -0.05) is 34.8 Å². The molecule has 1 N–H and O–H groups in total. The molecule has 5 nitrogen and oxygen atoms in total. The molecule has 0 aromatic heterocycles. The third-order valence-electron chi connectivity index (χ3n) is 3.22. The molecule has 0 saturated carbocycles. The number of hydrogen-bond donors (Lipinski definition) is 1. The summed E-state index contributed by atoms with van der Waals surface area (Å²) < 4.78 is 10.8. The molecule has 0 bridgehead atoms. The molecule has 2 aromatic rings. The number of amides is 1. The minimum absolute atomic E-state index is 0.217. The van der Waals surface area contributed by atoms with Crippen LogP contribution in [0.2, 0.25) is 15.1 Å². The van der Waals surface area contributed by atoms with Crippen molar-refractivity contribution in [3.05, 3.63) is 51.0 Å². The van der Waals surface area contributed by atoms with E-state index in [0.29, 0.717) is 22.1 Å². The Labute approximate surface area is 160 Å². The Morgan fingerprint density at radius 1 is 1.16 bits per heavy atom. The number of carbonyl (C=O) groups is 1. The lowest BCUT2D eigenvalue weighted by molar-refractivity contribution is -0.122. The third-order valence-corrected chi connectivity index (χ3v) is 4.04. The van der Waals surface area contributed by atoms with E-state index in [2.05, 4.69) is 5.32 Å². The van der Waals surface area contributed by atoms with E-state index in [4.69, 9.17) is 49.5 Å². The number of nitrogens with zero attached hydrogens (tertiary/aromatic N) is 1. The minimum Gasteiger partial charge on any atom is -0.493 e. The van der Waals surface area contributed by atoms with E-state index < -0.39 is 12.0 Å². The van der Waals surface area contributed by atoms with Crippen LogP contribution in [0.3, 0.4) is 0 Å². The molecule has 0 saturated heterocycles. The number of halogens is 3. The fraction of sp³-hybridized carbons (Fsp3) is 0.176. The summed E-state index contributed by atoms with van der Waals surface area (Å²) in [6, 6.07) is 9.59. The number of hydrogen-bond acceptors (Lipinski definition) is 4. The van der Waals surface area contributed by atoms with E-state index in [9.17, 15) is 4.79 Å². The SMILES string of the molecule is COc1cc(C#N)ccc1O[C@H](C)C(=O)Nc1c(Cl)cc(Cl)cc1Cl. The van der Waals surface area contributed by atoms with Crippen LogP contribution in [0.5, 0.6) is 11.5 Å². The van der Waals surface area contributed by atoms with E-state index in [1.165, 1.54) is 25.3 Å². The van der Waals surface area contributed by atoms with Crippen molar-refractivity contribution in [2.45, 2.75) is 13.0 Å². The van der Waals surface area contributed by atoms with E-state index in [1.54, 1.807) is 19.1 Å². The second-order valence-electron chi connectivity index (χ2n) is 4.97. The number of ether oxygens (including phenoxy) is 2. The molecule has 8 heteroatoms. The van der Waals surface area contributed by atoms with Crippen molar-refractivity contribution in [3.8, 4) is 17.6 Å². The Bertz CT molecular complexity index is 827. The van der Waals surface area contributed by atoms with E-state index in [0.717, 1.165) is 0 Å². The zero-order valence-electron chi connectivity index (χ0n) is 13.3. The standard InChI is InChI=1S/C17H13Cl3N2O3/c1-9(25-14-4-3-10(8-21)5-15(14)24-2)17(23)22-16-12(19)6-11(18)7-13(16)20/h3-7,9H,1-2H3,(H,22,23)/t9-/m1/s1. The first-order valence-corrected chi connectivity index (χ1v) is 8.19. The van der Waals surface area contributed by atoms with E-state index >= 15 is 0 Å². The van der Waals surface area contributed by atoms with Gasteiger partial charge in [0.1, 0.15) is 0 Å². The third kappa shape index (κ3) is 4.70. The summed E-state index contributed by atoms with van der Waals surface area (Å²) in [6.45, 7) is 1.56. The molecule has 0 aliphatic heterocycles. The van der Waals surface area contributed by atoms with Gasteiger partial charge in [0, 0.05) is 11.1 Å². The second-order valence-corrected chi connectivity index (χ2v) is 6.22. The van der Waals surface area contributed by atoms with Crippen LogP contribution >= 0.6 is 34.8 Å². The van der Waals surface area contributed by atoms with Crippen LogP contribution in [0, 0.1) is 11.3 Å². The van der Waals surface area contributed by atoms with Gasteiger partial charge < -0.3 is 14.8 Å². The number of nitriles is 1. The molecular weight excluding hydrogens is 387 g/mol. The molecular formula is C17H13Cl3N2O3. The van der Waals surface area contributed by atoms with Gasteiger partial charge in [0.15, 0.2) is 17.6 Å². The Morgan fingerprint density at radius 2 is 1.80 bits per heavy atom. The normalized spacial score (nSPS) is 11.4. The predicted octanol–water partition coefficient (Wildman–Crippen LogP) is 4.93. The largest absolute Gasteiger partial charge is 0.493 e. The lowest BCUT2D eigenvalue weighted by Gasteiger charge is -2.18. The molecule has 1 atom stereocenters. The predicted molar refractivity (Wildman–Crippen MR) is 97.9 cm³/mol. The minimum atomic E-state index is -0.871. The van der Waals surface area contributed by atoms with Gasteiger partial charge in [0.25, 0.3) is 5.91 Å². The van der Waals surface area contributed by atoms with E-state index in [1.807, 2.05) is 6.07 Å². The fourth-order valence-corrected chi connectivity index (χ4v) is 2.88. The topological polar surface area (TPSA) is 71.3 Å². The molecule has 0 aliphatic carbocycles. The van der Waals surface area contributed by atoms with Crippen LogP contribution < -0.4 is 14.8 Å². The summed E-state index contributed by atoms with van der Waals surface area (Å²) in [4.78, 5) is 12.3. The highest BCUT2D eigenvalue weighted by Crippen LogP contribution is 2.34. The molecule has 0 radical (unpaired) electrons. The molecule has 0 spiro atoms. The summed E-state index contributed by atoms with van der Waals surface area (Å²) in [6.07, 6.45) is -0.871. The van der Waals surface area contributed by atoms with Crippen LogP contribution in [-0.4, -0.2) is 19.1 Å². The number of rotatable bonds is 5. The first-order valence-electron chi connectivity index (χ1n) is 7.06. The first kappa shape index (κ1) is 19.2. The summed E-state index contributed by atoms with van der Waals surface area (Å²) in [5.41, 5.74) is 0.668. The molecule has 130 valence electrons. The zero-order chi connectivity index (χ0) is 18.6. The average Bonchev–Trinajstić information content (AvgIpc) is 2.58. The molecule has 2 rings (SSSR count). The summed E-state index contributed by atoms with van der Waals surface area (Å²) in [5.74, 6) is 0.219. The van der Waals surface area contributed by atoms with Crippen LogP contribution in [0.15, 0.2) is 30.3 Å². The van der Waals surface area contributed by atoms with Crippen LogP contribution in [-0.2, 0) is 4.79 Å². The van der Waals surface area contributed by atoms with Crippen molar-refractivity contribution in [2.75, 3.05) is 12.4 Å². The molecule has 0 fully saturated rings. The Kier molecular flexibility index (Phi) is 6.38. The van der Waals surface area contributed by atoms with Gasteiger partial charge in [-0.25, -0.2) is 0 Å². The van der Waals surface area contributed by atoms with Gasteiger partial charge in [0.05, 0.1) is 34.5 Å². The molecule has 1 amide bonds. The van der Waals surface area contributed by atoms with Gasteiger partial charge in [-0.2, -0.15) is 5.26 Å². The Morgan fingerprint density at radius 3 is 2.36 bits per heavy atom. The second kappa shape index (κ2) is 8.30. The molecule has 0 unspecified atom stereocenters. The Hall–Kier alpha value is -2.13. The zero-order valence-corrected chi connectivity index (χ0v) is 15.5. The molecule has 25 heavy (non-hydrogen) atoms. The van der Waals surface area contributed by atoms with Gasteiger partial charge in [-0.05, 0) is 31.2 Å². The molecule has 2 aromatic carbocycles. The number of methoxy groups -OCH3 is 1. The lowest BCUT2D eigenvalue weighted by Crippen LogP contribution is -2.30. The number of benzene rings is 2. The van der Waals surface area contributed by atoms with Crippen LogP contribution in [0.1, 0.15) is 12.5 Å². The fourth-order valence-electron chi connectivity index (χ4n) is 1.96. The number of carbonyl (C=O) groups excluding carboxylic acids is 1. The van der Waals surface area contributed by atoms with Gasteiger partial charge in [-0.3, -0.25) is 4.79 Å². The highest BCUT2D eigenvalue weighted by atomic mass is 35.5. The van der Waals surface area contributed by atoms with Gasteiger partial charge in [0.2, 0.25) is 0 Å². The highest BCUT2D eigenvalue weighted by Gasteiger charge is 2.20. The van der Waals surface area contributed by atoms with Gasteiger partial charge >= 0.3 is 0 Å². The van der Waals surface area contributed by atoms with Crippen molar-refractivity contribution >= 4 is 46.4 Å². The van der Waals surface area contributed by atoms with Crippen LogP contribution in [0.25, 0.3) is 0 Å². The Balaban J connectivity index is 2.15. The van der Waals surface area contributed by atoms with Crippen molar-refractivity contribution in [2.24, 2.45) is 0 Å². The summed E-state index contributed by atoms with van der Waals surface area (Å²) in [5, 5.41) is 12.3. The van der Waals surface area contributed by atoms with Crippen LogP contribution in [0.4, 0.5) is 5.69 Å².